The molecule has 0 amide bonds. The normalized spacial score (nSPS) is 25.7. The van der Waals surface area contributed by atoms with E-state index in [9.17, 15) is 0 Å². The summed E-state index contributed by atoms with van der Waals surface area (Å²) in [5.41, 5.74) is 6.89. The Morgan fingerprint density at radius 2 is 2.00 bits per heavy atom. The Morgan fingerprint density at radius 1 is 1.31 bits per heavy atom. The van der Waals surface area contributed by atoms with Gasteiger partial charge in [0, 0.05) is 16.8 Å². The zero-order valence-electron chi connectivity index (χ0n) is 9.24. The molecule has 1 aliphatic heterocycles. The summed E-state index contributed by atoms with van der Waals surface area (Å²) in [5, 5.41) is 0.953. The lowest BCUT2D eigenvalue weighted by molar-refractivity contribution is 0.814. The third-order valence-corrected chi connectivity index (χ3v) is 6.92. The number of aryl methyl sites for hydroxylation is 1. The standard InChI is InChI=1S/C10H14IN3S2/c1-5-7(11)9(12)14-10(13-5)8-6(2)15-3-4-16-8/h6,8H,3-4H2,1-2H3,(H2,12,13,14). The monoisotopic (exact) mass is 367 g/mol. The fourth-order valence-electron chi connectivity index (χ4n) is 1.65. The molecule has 2 heterocycles. The molecule has 0 spiro atoms. The van der Waals surface area contributed by atoms with Crippen molar-refractivity contribution in [3.05, 3.63) is 15.1 Å². The first-order valence-corrected chi connectivity index (χ1v) is 8.30. The number of hydrogen-bond acceptors (Lipinski definition) is 5. The number of nitrogens with two attached hydrogens (primary N) is 1. The highest BCUT2D eigenvalue weighted by atomic mass is 127. The van der Waals surface area contributed by atoms with Gasteiger partial charge in [-0.15, -0.1) is 11.8 Å². The van der Waals surface area contributed by atoms with Crippen LogP contribution in [0.4, 0.5) is 5.82 Å². The van der Waals surface area contributed by atoms with Crippen LogP contribution in [0.3, 0.4) is 0 Å². The minimum absolute atomic E-state index is 0.386. The molecule has 0 radical (unpaired) electrons. The molecule has 3 nitrogen and oxygen atoms in total. The predicted octanol–water partition coefficient (Wildman–Crippen LogP) is 2.88. The van der Waals surface area contributed by atoms with E-state index in [4.69, 9.17) is 5.73 Å². The van der Waals surface area contributed by atoms with Crippen LogP contribution in [0.5, 0.6) is 0 Å². The summed E-state index contributed by atoms with van der Waals surface area (Å²) in [6.45, 7) is 4.24. The second-order valence-electron chi connectivity index (χ2n) is 3.73. The molecule has 2 unspecified atom stereocenters. The molecular weight excluding hydrogens is 353 g/mol. The maximum absolute atomic E-state index is 5.90. The van der Waals surface area contributed by atoms with Gasteiger partial charge in [0.25, 0.3) is 0 Å². The van der Waals surface area contributed by atoms with E-state index in [2.05, 4.69) is 39.5 Å². The quantitative estimate of drug-likeness (QED) is 0.774. The summed E-state index contributed by atoms with van der Waals surface area (Å²) in [5.74, 6) is 3.92. The molecule has 2 atom stereocenters. The Labute approximate surface area is 118 Å². The molecule has 2 rings (SSSR count). The van der Waals surface area contributed by atoms with E-state index < -0.39 is 0 Å². The van der Waals surface area contributed by atoms with Gasteiger partial charge in [-0.3, -0.25) is 0 Å². The van der Waals surface area contributed by atoms with Crippen molar-refractivity contribution in [2.45, 2.75) is 24.3 Å². The lowest BCUT2D eigenvalue weighted by Gasteiger charge is -2.26. The number of rotatable bonds is 1. The highest BCUT2D eigenvalue weighted by Crippen LogP contribution is 2.41. The fraction of sp³-hybridized carbons (Fsp3) is 0.600. The predicted molar refractivity (Wildman–Crippen MR) is 81.0 cm³/mol. The second-order valence-corrected chi connectivity index (χ2v) is 7.55. The topological polar surface area (TPSA) is 51.8 Å². The van der Waals surface area contributed by atoms with Gasteiger partial charge in [0.05, 0.1) is 14.5 Å². The van der Waals surface area contributed by atoms with E-state index in [1.807, 2.05) is 30.4 Å². The van der Waals surface area contributed by atoms with E-state index in [0.29, 0.717) is 16.3 Å². The molecule has 1 aromatic rings. The highest BCUT2D eigenvalue weighted by molar-refractivity contribution is 14.1. The lowest BCUT2D eigenvalue weighted by atomic mass is 10.3. The SMILES string of the molecule is Cc1nc(C2SCCSC2C)nc(N)c1I. The zero-order valence-corrected chi connectivity index (χ0v) is 13.0. The van der Waals surface area contributed by atoms with Gasteiger partial charge in [-0.1, -0.05) is 6.92 Å². The van der Waals surface area contributed by atoms with Crippen LogP contribution in [-0.4, -0.2) is 26.7 Å². The van der Waals surface area contributed by atoms with Crippen LogP contribution in [-0.2, 0) is 0 Å². The summed E-state index contributed by atoms with van der Waals surface area (Å²) >= 11 is 6.14. The average molecular weight is 367 g/mol. The summed E-state index contributed by atoms with van der Waals surface area (Å²) in [7, 11) is 0. The van der Waals surface area contributed by atoms with Crippen molar-refractivity contribution in [2.75, 3.05) is 17.2 Å². The maximum atomic E-state index is 5.90. The van der Waals surface area contributed by atoms with Crippen LogP contribution in [0.25, 0.3) is 0 Å². The molecule has 88 valence electrons. The van der Waals surface area contributed by atoms with Crippen LogP contribution in [0.15, 0.2) is 0 Å². The van der Waals surface area contributed by atoms with E-state index in [1.165, 1.54) is 11.5 Å². The smallest absolute Gasteiger partial charge is 0.145 e. The first-order chi connectivity index (χ1) is 7.59. The molecule has 1 aromatic heterocycles. The Morgan fingerprint density at radius 3 is 2.62 bits per heavy atom. The van der Waals surface area contributed by atoms with Crippen molar-refractivity contribution < 1.29 is 0 Å². The molecule has 0 saturated carbocycles. The van der Waals surface area contributed by atoms with Crippen molar-refractivity contribution in [3.63, 3.8) is 0 Å². The number of nitrogens with zero attached hydrogens (tertiary/aromatic N) is 2. The van der Waals surface area contributed by atoms with Crippen LogP contribution in [0.2, 0.25) is 0 Å². The molecule has 0 bridgehead atoms. The van der Waals surface area contributed by atoms with E-state index in [0.717, 1.165) is 15.1 Å². The third-order valence-electron chi connectivity index (χ3n) is 2.50. The number of anilines is 1. The van der Waals surface area contributed by atoms with Gasteiger partial charge >= 0.3 is 0 Å². The summed E-state index contributed by atoms with van der Waals surface area (Å²) in [4.78, 5) is 9.01. The van der Waals surface area contributed by atoms with Crippen molar-refractivity contribution in [3.8, 4) is 0 Å². The molecule has 1 saturated heterocycles. The summed E-state index contributed by atoms with van der Waals surface area (Å²) < 4.78 is 0.975. The summed E-state index contributed by atoms with van der Waals surface area (Å²) in [6.07, 6.45) is 0. The Hall–Kier alpha value is 0.310. The number of aromatic nitrogens is 2. The second kappa shape index (κ2) is 5.30. The Balaban J connectivity index is 2.32. The van der Waals surface area contributed by atoms with Crippen molar-refractivity contribution in [1.29, 1.82) is 0 Å². The molecule has 6 heteroatoms. The molecule has 2 N–H and O–H groups in total. The van der Waals surface area contributed by atoms with E-state index in [1.54, 1.807) is 0 Å². The van der Waals surface area contributed by atoms with Crippen molar-refractivity contribution in [2.24, 2.45) is 0 Å². The van der Waals surface area contributed by atoms with Crippen LogP contribution < -0.4 is 5.73 Å². The first kappa shape index (κ1) is 12.8. The number of halogens is 1. The van der Waals surface area contributed by atoms with Gasteiger partial charge in [-0.2, -0.15) is 11.8 Å². The first-order valence-electron chi connectivity index (χ1n) is 5.12. The molecule has 0 aliphatic carbocycles. The van der Waals surface area contributed by atoms with Gasteiger partial charge < -0.3 is 5.73 Å². The maximum Gasteiger partial charge on any atom is 0.145 e. The van der Waals surface area contributed by atoms with Crippen molar-refractivity contribution in [1.82, 2.24) is 9.97 Å². The molecule has 1 fully saturated rings. The Bertz CT molecular complexity index is 377. The number of nitrogen functional groups attached to an aromatic ring is 1. The minimum atomic E-state index is 0.386. The van der Waals surface area contributed by atoms with Crippen molar-refractivity contribution >= 4 is 51.9 Å². The van der Waals surface area contributed by atoms with Gasteiger partial charge in [-0.25, -0.2) is 9.97 Å². The molecular formula is C10H14IN3S2. The number of hydrogen-bond donors (Lipinski definition) is 1. The van der Waals surface area contributed by atoms with Gasteiger partial charge in [-0.05, 0) is 29.5 Å². The van der Waals surface area contributed by atoms with Gasteiger partial charge in [0.2, 0.25) is 0 Å². The molecule has 1 aliphatic rings. The van der Waals surface area contributed by atoms with Gasteiger partial charge in [0.15, 0.2) is 0 Å². The van der Waals surface area contributed by atoms with Crippen LogP contribution >= 0.6 is 46.1 Å². The third kappa shape index (κ3) is 2.59. The number of thioether (sulfide) groups is 2. The fourth-order valence-corrected chi connectivity index (χ4v) is 4.58. The van der Waals surface area contributed by atoms with Crippen LogP contribution in [0.1, 0.15) is 23.7 Å². The highest BCUT2D eigenvalue weighted by Gasteiger charge is 2.27. The summed E-state index contributed by atoms with van der Waals surface area (Å²) in [6, 6.07) is 0. The zero-order chi connectivity index (χ0) is 11.7. The minimum Gasteiger partial charge on any atom is -0.383 e. The van der Waals surface area contributed by atoms with Gasteiger partial charge in [0.1, 0.15) is 11.6 Å². The van der Waals surface area contributed by atoms with Crippen LogP contribution in [0, 0.1) is 10.5 Å². The largest absolute Gasteiger partial charge is 0.383 e. The van der Waals surface area contributed by atoms with E-state index >= 15 is 0 Å². The molecule has 0 aromatic carbocycles. The molecule has 16 heavy (non-hydrogen) atoms. The lowest BCUT2D eigenvalue weighted by Crippen LogP contribution is -2.19. The average Bonchev–Trinajstić information content (AvgIpc) is 2.26. The Kier molecular flexibility index (Phi) is 4.23. The van der Waals surface area contributed by atoms with E-state index in [-0.39, 0.29) is 0 Å².